The summed E-state index contributed by atoms with van der Waals surface area (Å²) in [5.41, 5.74) is 16.2. The van der Waals surface area contributed by atoms with Crippen molar-refractivity contribution in [3.63, 3.8) is 0 Å². The highest BCUT2D eigenvalue weighted by molar-refractivity contribution is 5.96. The Morgan fingerprint density at radius 3 is 2.46 bits per heavy atom. The van der Waals surface area contributed by atoms with Gasteiger partial charge >= 0.3 is 0 Å². The summed E-state index contributed by atoms with van der Waals surface area (Å²) >= 11 is 0. The van der Waals surface area contributed by atoms with Crippen molar-refractivity contribution in [2.45, 2.75) is 57.8 Å². The van der Waals surface area contributed by atoms with Crippen molar-refractivity contribution in [2.75, 3.05) is 6.54 Å². The second-order valence-electron chi connectivity index (χ2n) is 10.7. The predicted molar refractivity (Wildman–Crippen MR) is 149 cm³/mol. The summed E-state index contributed by atoms with van der Waals surface area (Å²) in [4.78, 5) is 4.98. The Kier molecular flexibility index (Phi) is 7.59. The van der Waals surface area contributed by atoms with Crippen LogP contribution in [0.15, 0.2) is 89.9 Å². The van der Waals surface area contributed by atoms with Crippen LogP contribution in [-0.4, -0.2) is 12.3 Å². The molecule has 0 saturated heterocycles. The molecule has 2 heteroatoms. The van der Waals surface area contributed by atoms with Crippen LogP contribution in [-0.2, 0) is 19.3 Å². The molecule has 180 valence electrons. The molecule has 1 aliphatic heterocycles. The number of benzene rings is 3. The maximum absolute atomic E-state index is 5.91. The van der Waals surface area contributed by atoms with E-state index in [1.165, 1.54) is 71.2 Å². The van der Waals surface area contributed by atoms with Gasteiger partial charge in [-0.25, -0.2) is 0 Å². The lowest BCUT2D eigenvalue weighted by Gasteiger charge is -2.28. The molecule has 0 bridgehead atoms. The third kappa shape index (κ3) is 6.18. The molecule has 2 atom stereocenters. The molecule has 2 nitrogen and oxygen atoms in total. The van der Waals surface area contributed by atoms with Crippen LogP contribution in [0.25, 0.3) is 11.1 Å². The van der Waals surface area contributed by atoms with E-state index in [4.69, 9.17) is 10.7 Å². The fraction of sp³-hybridized carbons (Fsp3) is 0.364. The molecule has 35 heavy (non-hydrogen) atoms. The minimum absolute atomic E-state index is 0.748. The number of hydrogen-bond acceptors (Lipinski definition) is 2. The zero-order valence-electron chi connectivity index (χ0n) is 20.9. The van der Waals surface area contributed by atoms with Gasteiger partial charge in [-0.2, -0.15) is 0 Å². The van der Waals surface area contributed by atoms with Gasteiger partial charge in [-0.15, -0.1) is 0 Å². The van der Waals surface area contributed by atoms with E-state index < -0.39 is 0 Å². The Labute approximate surface area is 211 Å². The summed E-state index contributed by atoms with van der Waals surface area (Å²) in [7, 11) is 0. The van der Waals surface area contributed by atoms with E-state index in [0.717, 1.165) is 49.8 Å². The van der Waals surface area contributed by atoms with Gasteiger partial charge in [0.15, 0.2) is 0 Å². The second-order valence-corrected chi connectivity index (χ2v) is 10.7. The maximum Gasteiger partial charge on any atom is 0.0671 e. The molecule has 0 spiro atoms. The van der Waals surface area contributed by atoms with Gasteiger partial charge in [-0.1, -0.05) is 91.7 Å². The van der Waals surface area contributed by atoms with Gasteiger partial charge in [0.1, 0.15) is 0 Å². The van der Waals surface area contributed by atoms with Crippen molar-refractivity contribution in [1.82, 2.24) is 0 Å². The van der Waals surface area contributed by atoms with Crippen LogP contribution in [0, 0.1) is 11.8 Å². The number of nitrogens with two attached hydrogens (primary N) is 1. The monoisotopic (exact) mass is 462 g/mol. The van der Waals surface area contributed by atoms with Crippen molar-refractivity contribution in [3.8, 4) is 11.1 Å². The minimum Gasteiger partial charge on any atom is -0.330 e. The first-order valence-electron chi connectivity index (χ1n) is 13.4. The summed E-state index contributed by atoms with van der Waals surface area (Å²) in [5.74, 6) is 1.59. The molecule has 1 fully saturated rings. The second kappa shape index (κ2) is 11.2. The van der Waals surface area contributed by atoms with Crippen LogP contribution in [0.3, 0.4) is 0 Å². The Balaban J connectivity index is 1.13. The van der Waals surface area contributed by atoms with Crippen molar-refractivity contribution >= 4 is 11.4 Å². The number of rotatable bonds is 9. The predicted octanol–water partition coefficient (Wildman–Crippen LogP) is 7.87. The molecule has 2 unspecified atom stereocenters. The van der Waals surface area contributed by atoms with Crippen molar-refractivity contribution in [2.24, 2.45) is 22.6 Å². The number of aliphatic imine (C=N–C) groups is 1. The van der Waals surface area contributed by atoms with E-state index in [1.54, 1.807) is 0 Å². The first kappa shape index (κ1) is 23.8. The molecular weight excluding hydrogens is 424 g/mol. The number of allylic oxidation sites excluding steroid dienone is 1. The molecule has 5 rings (SSSR count). The van der Waals surface area contributed by atoms with Crippen LogP contribution < -0.4 is 5.73 Å². The first-order valence-corrected chi connectivity index (χ1v) is 13.4. The van der Waals surface area contributed by atoms with Crippen LogP contribution in [0.1, 0.15) is 55.2 Å². The average Bonchev–Trinajstić information content (AvgIpc) is 3.31. The molecule has 2 aliphatic rings. The summed E-state index contributed by atoms with van der Waals surface area (Å²) in [6, 6.07) is 26.4. The van der Waals surface area contributed by atoms with Crippen LogP contribution >= 0.6 is 0 Å². The Morgan fingerprint density at radius 2 is 1.66 bits per heavy atom. The van der Waals surface area contributed by atoms with Crippen molar-refractivity contribution < 1.29 is 0 Å². The van der Waals surface area contributed by atoms with Crippen LogP contribution in [0.5, 0.6) is 0 Å². The summed E-state index contributed by atoms with van der Waals surface area (Å²) < 4.78 is 0. The Hall–Kier alpha value is -2.97. The molecule has 0 aromatic heterocycles. The minimum atomic E-state index is 0.748. The van der Waals surface area contributed by atoms with E-state index in [9.17, 15) is 0 Å². The molecule has 3 aromatic carbocycles. The average molecular weight is 463 g/mol. The Bertz CT molecular complexity index is 1170. The molecule has 1 aliphatic carbocycles. The highest BCUT2D eigenvalue weighted by Gasteiger charge is 2.21. The normalized spacial score (nSPS) is 19.3. The highest BCUT2D eigenvalue weighted by Crippen LogP contribution is 2.34. The fourth-order valence-electron chi connectivity index (χ4n) is 5.83. The Morgan fingerprint density at radius 1 is 0.886 bits per heavy atom. The van der Waals surface area contributed by atoms with Crippen LogP contribution in [0.4, 0.5) is 5.69 Å². The molecule has 0 amide bonds. The molecule has 0 radical (unpaired) electrons. The SMILES string of the molecule is C=C(CCC1CCCC(CN)C1)Cc1ccc(CC2=Nc3cc(-c4ccccc4)ccc3C2)cc1. The quantitative estimate of drug-likeness (QED) is 0.323. The highest BCUT2D eigenvalue weighted by atomic mass is 14.8. The van der Waals surface area contributed by atoms with Gasteiger partial charge < -0.3 is 5.73 Å². The molecule has 2 N–H and O–H groups in total. The summed E-state index contributed by atoms with van der Waals surface area (Å²) in [5, 5.41) is 0. The standard InChI is InChI=1S/C33H38N2/c1-24(10-11-25-6-5-7-28(19-25)23-34)18-26-12-14-27(15-13-26)20-32-21-31-17-16-30(22-33(31)35-32)29-8-3-2-4-9-29/h2-4,8-9,12-17,22,25,28H,1,5-7,10-11,18-21,23,34H2. The zero-order valence-corrected chi connectivity index (χ0v) is 20.9. The van der Waals surface area contributed by atoms with Gasteiger partial charge in [-0.05, 0) is 84.4 Å². The van der Waals surface area contributed by atoms with Gasteiger partial charge in [0.2, 0.25) is 0 Å². The summed E-state index contributed by atoms with van der Waals surface area (Å²) in [6.07, 6.45) is 10.7. The van der Waals surface area contributed by atoms with E-state index in [1.807, 2.05) is 0 Å². The lowest BCUT2D eigenvalue weighted by molar-refractivity contribution is 0.259. The number of hydrogen-bond donors (Lipinski definition) is 1. The van der Waals surface area contributed by atoms with E-state index in [2.05, 4.69) is 79.4 Å². The lowest BCUT2D eigenvalue weighted by atomic mass is 9.79. The van der Waals surface area contributed by atoms with Gasteiger partial charge in [0.25, 0.3) is 0 Å². The van der Waals surface area contributed by atoms with Crippen molar-refractivity contribution in [1.29, 1.82) is 0 Å². The topological polar surface area (TPSA) is 38.4 Å². The fourth-order valence-corrected chi connectivity index (χ4v) is 5.83. The van der Waals surface area contributed by atoms with Crippen LogP contribution in [0.2, 0.25) is 0 Å². The molecule has 1 heterocycles. The molecular formula is C33H38N2. The molecule has 3 aromatic rings. The van der Waals surface area contributed by atoms with E-state index in [0.29, 0.717) is 0 Å². The van der Waals surface area contributed by atoms with E-state index in [-0.39, 0.29) is 0 Å². The van der Waals surface area contributed by atoms with Crippen molar-refractivity contribution in [3.05, 3.63) is 102 Å². The maximum atomic E-state index is 5.91. The molecule has 1 saturated carbocycles. The van der Waals surface area contributed by atoms with Gasteiger partial charge in [-0.3, -0.25) is 4.99 Å². The van der Waals surface area contributed by atoms with Gasteiger partial charge in [0.05, 0.1) is 5.69 Å². The largest absolute Gasteiger partial charge is 0.330 e. The third-order valence-electron chi connectivity index (χ3n) is 7.88. The zero-order chi connectivity index (χ0) is 24.0. The third-order valence-corrected chi connectivity index (χ3v) is 7.88. The smallest absolute Gasteiger partial charge is 0.0671 e. The van der Waals surface area contributed by atoms with E-state index >= 15 is 0 Å². The number of fused-ring (bicyclic) bond motifs is 1. The number of nitrogens with zero attached hydrogens (tertiary/aromatic N) is 1. The van der Waals surface area contributed by atoms with Gasteiger partial charge in [0, 0.05) is 18.6 Å². The first-order chi connectivity index (χ1) is 17.2. The summed E-state index contributed by atoms with van der Waals surface area (Å²) in [6.45, 7) is 5.25. The lowest BCUT2D eigenvalue weighted by Crippen LogP contribution is -2.22.